The number of hydrogen-bond acceptors (Lipinski definition) is 6. The van der Waals surface area contributed by atoms with Gasteiger partial charge in [0.15, 0.2) is 0 Å². The monoisotopic (exact) mass is 301 g/mol. The van der Waals surface area contributed by atoms with E-state index < -0.39 is 23.6 Å². The van der Waals surface area contributed by atoms with E-state index in [4.69, 9.17) is 14.2 Å². The number of carbonyl (C=O) groups excluding carboxylic acids is 3. The maximum atomic E-state index is 11.7. The second kappa shape index (κ2) is 8.99. The molecule has 0 saturated heterocycles. The smallest absolute Gasteiger partial charge is 0.412 e. The minimum Gasteiger partial charge on any atom is -0.466 e. The van der Waals surface area contributed by atoms with Gasteiger partial charge in [-0.1, -0.05) is 0 Å². The first kappa shape index (κ1) is 18.9. The van der Waals surface area contributed by atoms with E-state index >= 15 is 0 Å². The van der Waals surface area contributed by atoms with Gasteiger partial charge in [0, 0.05) is 0 Å². The summed E-state index contributed by atoms with van der Waals surface area (Å²) in [6, 6.07) is 0. The fourth-order valence-electron chi connectivity index (χ4n) is 1.21. The maximum absolute atomic E-state index is 11.7. The quantitative estimate of drug-likeness (QED) is 0.458. The van der Waals surface area contributed by atoms with Gasteiger partial charge in [-0.05, 0) is 40.7 Å². The van der Waals surface area contributed by atoms with Gasteiger partial charge in [0.1, 0.15) is 11.3 Å². The Morgan fingerprint density at radius 2 is 1.62 bits per heavy atom. The molecule has 0 aliphatic carbocycles. The van der Waals surface area contributed by atoms with Crippen LogP contribution in [0.1, 0.15) is 41.0 Å². The lowest BCUT2D eigenvalue weighted by Gasteiger charge is -2.20. The summed E-state index contributed by atoms with van der Waals surface area (Å²) in [5, 5.41) is 2.27. The van der Waals surface area contributed by atoms with Crippen LogP contribution in [0.5, 0.6) is 0 Å². The summed E-state index contributed by atoms with van der Waals surface area (Å²) >= 11 is 0. The molecule has 0 rings (SSSR count). The standard InChI is InChI=1S/C14H23NO6/c1-6-19-11(16)9-8-10(12(17)20-7-2)15-13(18)21-14(3,4)5/h8H,6-7,9H2,1-5H3,(H,15,18)/b10-8+. The third-order valence-electron chi connectivity index (χ3n) is 1.91. The highest BCUT2D eigenvalue weighted by Gasteiger charge is 2.20. The summed E-state index contributed by atoms with van der Waals surface area (Å²) in [6.07, 6.45) is 0.281. The predicted octanol–water partition coefficient (Wildman–Crippen LogP) is 1.91. The van der Waals surface area contributed by atoms with E-state index in [2.05, 4.69) is 5.32 Å². The molecular formula is C14H23NO6. The van der Waals surface area contributed by atoms with Crippen molar-refractivity contribution in [3.8, 4) is 0 Å². The van der Waals surface area contributed by atoms with Crippen molar-refractivity contribution in [2.75, 3.05) is 13.2 Å². The van der Waals surface area contributed by atoms with Crippen molar-refractivity contribution < 1.29 is 28.6 Å². The van der Waals surface area contributed by atoms with Gasteiger partial charge < -0.3 is 14.2 Å². The van der Waals surface area contributed by atoms with Gasteiger partial charge in [-0.25, -0.2) is 9.59 Å². The Kier molecular flexibility index (Phi) is 8.11. The molecule has 0 aromatic heterocycles. The Balaban J connectivity index is 4.82. The molecule has 0 spiro atoms. The Morgan fingerprint density at radius 1 is 1.05 bits per heavy atom. The molecule has 0 bridgehead atoms. The maximum Gasteiger partial charge on any atom is 0.412 e. The summed E-state index contributed by atoms with van der Waals surface area (Å²) in [6.45, 7) is 8.77. The van der Waals surface area contributed by atoms with Crippen molar-refractivity contribution in [1.29, 1.82) is 0 Å². The van der Waals surface area contributed by atoms with Crippen molar-refractivity contribution in [3.05, 3.63) is 11.8 Å². The van der Waals surface area contributed by atoms with Gasteiger partial charge in [0.05, 0.1) is 19.6 Å². The summed E-state index contributed by atoms with van der Waals surface area (Å²) in [7, 11) is 0. The predicted molar refractivity (Wildman–Crippen MR) is 75.3 cm³/mol. The zero-order chi connectivity index (χ0) is 16.5. The highest BCUT2D eigenvalue weighted by molar-refractivity contribution is 5.92. The zero-order valence-electron chi connectivity index (χ0n) is 13.1. The summed E-state index contributed by atoms with van der Waals surface area (Å²) < 4.78 is 14.6. The number of esters is 2. The first-order valence-corrected chi connectivity index (χ1v) is 6.72. The van der Waals surface area contributed by atoms with Gasteiger partial charge in [-0.15, -0.1) is 0 Å². The van der Waals surface area contributed by atoms with Crippen LogP contribution in [0, 0.1) is 0 Å². The SMILES string of the molecule is CCOC(=O)C/C=C(/NC(=O)OC(C)(C)C)C(=O)OCC. The van der Waals surface area contributed by atoms with Crippen LogP contribution in [-0.4, -0.2) is 36.8 Å². The fourth-order valence-corrected chi connectivity index (χ4v) is 1.21. The van der Waals surface area contributed by atoms with Crippen molar-refractivity contribution in [3.63, 3.8) is 0 Å². The number of amides is 1. The van der Waals surface area contributed by atoms with Crippen LogP contribution >= 0.6 is 0 Å². The lowest BCUT2D eigenvalue weighted by molar-refractivity contribution is -0.142. The molecule has 0 aromatic carbocycles. The highest BCUT2D eigenvalue weighted by Crippen LogP contribution is 2.08. The zero-order valence-corrected chi connectivity index (χ0v) is 13.1. The third kappa shape index (κ3) is 9.48. The van der Waals surface area contributed by atoms with Gasteiger partial charge in [-0.3, -0.25) is 10.1 Å². The Labute approximate surface area is 124 Å². The van der Waals surface area contributed by atoms with Crippen molar-refractivity contribution in [2.24, 2.45) is 0 Å². The van der Waals surface area contributed by atoms with Crippen LogP contribution in [0.25, 0.3) is 0 Å². The van der Waals surface area contributed by atoms with E-state index in [1.165, 1.54) is 6.08 Å². The lowest BCUT2D eigenvalue weighted by Crippen LogP contribution is -2.34. The number of rotatable bonds is 6. The average molecular weight is 301 g/mol. The number of hydrogen-bond donors (Lipinski definition) is 1. The van der Waals surface area contributed by atoms with Crippen LogP contribution < -0.4 is 5.32 Å². The lowest BCUT2D eigenvalue weighted by atomic mass is 10.2. The second-order valence-electron chi connectivity index (χ2n) is 4.97. The Hall–Kier alpha value is -2.05. The van der Waals surface area contributed by atoms with Gasteiger partial charge in [0.2, 0.25) is 0 Å². The number of nitrogens with one attached hydrogen (secondary N) is 1. The molecule has 0 atom stereocenters. The van der Waals surface area contributed by atoms with Crippen LogP contribution in [0.4, 0.5) is 4.79 Å². The van der Waals surface area contributed by atoms with Crippen molar-refractivity contribution >= 4 is 18.0 Å². The number of alkyl carbamates (subject to hydrolysis) is 1. The summed E-state index contributed by atoms with van der Waals surface area (Å²) in [5.41, 5.74) is -0.857. The summed E-state index contributed by atoms with van der Waals surface area (Å²) in [5.74, 6) is -1.25. The van der Waals surface area contributed by atoms with Gasteiger partial charge >= 0.3 is 18.0 Å². The molecule has 0 heterocycles. The fraction of sp³-hybridized carbons (Fsp3) is 0.643. The van der Waals surface area contributed by atoms with Crippen LogP contribution in [0.2, 0.25) is 0 Å². The first-order chi connectivity index (χ1) is 9.69. The van der Waals surface area contributed by atoms with E-state index in [-0.39, 0.29) is 25.3 Å². The van der Waals surface area contributed by atoms with Crippen LogP contribution in [0.3, 0.4) is 0 Å². The van der Waals surface area contributed by atoms with E-state index in [1.807, 2.05) is 0 Å². The Morgan fingerprint density at radius 3 is 2.10 bits per heavy atom. The molecule has 120 valence electrons. The molecule has 0 radical (unpaired) electrons. The molecule has 1 amide bonds. The molecule has 0 aromatic rings. The largest absolute Gasteiger partial charge is 0.466 e. The number of ether oxygens (including phenoxy) is 3. The molecule has 21 heavy (non-hydrogen) atoms. The van der Waals surface area contributed by atoms with Gasteiger partial charge in [-0.2, -0.15) is 0 Å². The van der Waals surface area contributed by atoms with E-state index in [1.54, 1.807) is 34.6 Å². The molecule has 0 saturated carbocycles. The Bertz CT molecular complexity index is 408. The van der Waals surface area contributed by atoms with Crippen molar-refractivity contribution in [2.45, 2.75) is 46.6 Å². The third-order valence-corrected chi connectivity index (χ3v) is 1.91. The molecule has 0 unspecified atom stereocenters. The van der Waals surface area contributed by atoms with E-state index in [0.717, 1.165) is 0 Å². The normalized spacial score (nSPS) is 11.6. The molecule has 0 aliphatic rings. The molecule has 0 fully saturated rings. The molecular weight excluding hydrogens is 278 g/mol. The minimum atomic E-state index is -0.800. The molecule has 1 N–H and O–H groups in total. The average Bonchev–Trinajstić information content (AvgIpc) is 2.32. The second-order valence-corrected chi connectivity index (χ2v) is 4.97. The van der Waals surface area contributed by atoms with Gasteiger partial charge in [0.25, 0.3) is 0 Å². The minimum absolute atomic E-state index is 0.144. The highest BCUT2D eigenvalue weighted by atomic mass is 16.6. The first-order valence-electron chi connectivity index (χ1n) is 6.72. The van der Waals surface area contributed by atoms with Crippen molar-refractivity contribution in [1.82, 2.24) is 5.32 Å². The molecule has 7 nitrogen and oxygen atoms in total. The number of carbonyl (C=O) groups is 3. The van der Waals surface area contributed by atoms with Crippen LogP contribution in [0.15, 0.2) is 11.8 Å². The van der Waals surface area contributed by atoms with E-state index in [9.17, 15) is 14.4 Å². The molecule has 0 aliphatic heterocycles. The van der Waals surface area contributed by atoms with E-state index in [0.29, 0.717) is 0 Å². The summed E-state index contributed by atoms with van der Waals surface area (Å²) in [4.78, 5) is 34.6. The topological polar surface area (TPSA) is 90.9 Å². The van der Waals surface area contributed by atoms with Crippen LogP contribution in [-0.2, 0) is 23.8 Å². The molecule has 7 heteroatoms.